The van der Waals surface area contributed by atoms with Crippen molar-refractivity contribution in [1.29, 1.82) is 0 Å². The first-order chi connectivity index (χ1) is 12.5. The minimum atomic E-state index is -0.719. The molecular formula is C18H21NO7. The first-order valence-electron chi connectivity index (χ1n) is 7.89. The van der Waals surface area contributed by atoms with Crippen molar-refractivity contribution in [2.45, 2.75) is 20.0 Å². The van der Waals surface area contributed by atoms with Gasteiger partial charge in [-0.3, -0.25) is 9.78 Å². The van der Waals surface area contributed by atoms with E-state index in [4.69, 9.17) is 23.7 Å². The lowest BCUT2D eigenvalue weighted by atomic mass is 10.0. The Kier molecular flexibility index (Phi) is 6.88. The molecule has 140 valence electrons. The van der Waals surface area contributed by atoms with Gasteiger partial charge in [-0.1, -0.05) is 0 Å². The number of pyridine rings is 1. The van der Waals surface area contributed by atoms with Crippen molar-refractivity contribution in [3.05, 3.63) is 29.5 Å². The molecule has 2 aromatic rings. The predicted molar refractivity (Wildman–Crippen MR) is 92.7 cm³/mol. The molecule has 0 saturated carbocycles. The predicted octanol–water partition coefficient (Wildman–Crippen LogP) is 2.58. The number of esters is 1. The molecule has 0 bridgehead atoms. The number of hydrogen-bond acceptors (Lipinski definition) is 8. The zero-order valence-electron chi connectivity index (χ0n) is 15.1. The van der Waals surface area contributed by atoms with E-state index in [1.165, 1.54) is 14.2 Å². The molecule has 1 aromatic heterocycles. The second-order valence-electron chi connectivity index (χ2n) is 5.52. The highest BCUT2D eigenvalue weighted by atomic mass is 16.7. The number of fused-ring (bicyclic) bond motifs is 1. The third kappa shape index (κ3) is 4.09. The topological polar surface area (TPSA) is 93.2 Å². The van der Waals surface area contributed by atoms with Gasteiger partial charge in [-0.2, -0.15) is 0 Å². The van der Waals surface area contributed by atoms with Crippen LogP contribution in [0, 0.1) is 0 Å². The Morgan fingerprint density at radius 2 is 1.81 bits per heavy atom. The number of carbonyl (C=O) groups excluding carboxylic acids is 2. The summed E-state index contributed by atoms with van der Waals surface area (Å²) < 4.78 is 26.3. The third-order valence-corrected chi connectivity index (χ3v) is 3.32. The lowest BCUT2D eigenvalue weighted by Crippen LogP contribution is -2.17. The van der Waals surface area contributed by atoms with E-state index < -0.39 is 5.97 Å². The minimum Gasteiger partial charge on any atom is -0.466 e. The van der Waals surface area contributed by atoms with Crippen LogP contribution in [-0.4, -0.2) is 51.1 Å². The molecule has 0 spiro atoms. The monoisotopic (exact) mass is 363 g/mol. The van der Waals surface area contributed by atoms with E-state index >= 15 is 0 Å². The van der Waals surface area contributed by atoms with E-state index in [1.807, 2.05) is 0 Å². The van der Waals surface area contributed by atoms with Gasteiger partial charge in [-0.25, -0.2) is 4.79 Å². The van der Waals surface area contributed by atoms with Gasteiger partial charge in [0.25, 0.3) is 0 Å². The van der Waals surface area contributed by atoms with Gasteiger partial charge in [0.1, 0.15) is 16.8 Å². The zero-order valence-corrected chi connectivity index (χ0v) is 15.1. The Labute approximate surface area is 151 Å². The summed E-state index contributed by atoms with van der Waals surface area (Å²) in [7, 11) is 2.89. The fourth-order valence-electron chi connectivity index (χ4n) is 2.39. The highest BCUT2D eigenvalue weighted by Gasteiger charge is 2.28. The van der Waals surface area contributed by atoms with Gasteiger partial charge in [0.2, 0.25) is 0 Å². The van der Waals surface area contributed by atoms with Crippen LogP contribution in [0.1, 0.15) is 34.6 Å². The van der Waals surface area contributed by atoms with Crippen molar-refractivity contribution in [3.63, 3.8) is 0 Å². The van der Waals surface area contributed by atoms with Gasteiger partial charge >= 0.3 is 5.97 Å². The van der Waals surface area contributed by atoms with Crippen molar-refractivity contribution < 1.29 is 33.3 Å². The number of aldehydes is 1. The summed E-state index contributed by atoms with van der Waals surface area (Å²) in [6, 6.07) is 3.39. The van der Waals surface area contributed by atoms with Gasteiger partial charge in [-0.15, -0.1) is 0 Å². The standard InChI is InChI=1S/C18H21NO7/c1-11(2)26-18(21)14-13(8-20)16(24-9-22-3)12-6-5-7-19-15(12)17(14)25-10-23-4/h5-8,11H,9-10H2,1-4H3. The maximum absolute atomic E-state index is 12.7. The SMILES string of the molecule is COCOc1c(C=O)c(C(=O)OC(C)C)c(OCOC)c2ncccc12. The van der Waals surface area contributed by atoms with Crippen LogP contribution in [0.5, 0.6) is 11.5 Å². The normalized spacial score (nSPS) is 10.8. The molecular weight excluding hydrogens is 342 g/mol. The Hall–Kier alpha value is -2.71. The van der Waals surface area contributed by atoms with Crippen molar-refractivity contribution in [3.8, 4) is 11.5 Å². The fraction of sp³-hybridized carbons (Fsp3) is 0.389. The molecule has 0 N–H and O–H groups in total. The van der Waals surface area contributed by atoms with Crippen LogP contribution in [0.4, 0.5) is 0 Å². The molecule has 26 heavy (non-hydrogen) atoms. The third-order valence-electron chi connectivity index (χ3n) is 3.32. The molecule has 1 heterocycles. The summed E-state index contributed by atoms with van der Waals surface area (Å²) in [6.45, 7) is 3.16. The van der Waals surface area contributed by atoms with Crippen LogP contribution in [-0.2, 0) is 14.2 Å². The number of ether oxygens (including phenoxy) is 5. The quantitative estimate of drug-likeness (QED) is 0.381. The summed E-state index contributed by atoms with van der Waals surface area (Å²) in [5.41, 5.74) is 0.277. The lowest BCUT2D eigenvalue weighted by Gasteiger charge is -2.19. The average molecular weight is 363 g/mol. The number of aromatic nitrogens is 1. The van der Waals surface area contributed by atoms with E-state index in [0.29, 0.717) is 17.2 Å². The molecule has 2 rings (SSSR count). The summed E-state index contributed by atoms with van der Waals surface area (Å²) in [6.07, 6.45) is 1.67. The Morgan fingerprint density at radius 1 is 1.15 bits per heavy atom. The van der Waals surface area contributed by atoms with Gasteiger partial charge in [-0.05, 0) is 26.0 Å². The molecule has 0 fully saturated rings. The summed E-state index contributed by atoms with van der Waals surface area (Å²) in [5, 5.41) is 0.499. The Bertz CT molecular complexity index is 789. The first kappa shape index (κ1) is 19.6. The van der Waals surface area contributed by atoms with E-state index in [2.05, 4.69) is 4.98 Å². The highest BCUT2D eigenvalue weighted by Crippen LogP contribution is 2.39. The molecule has 0 saturated heterocycles. The van der Waals surface area contributed by atoms with E-state index in [1.54, 1.807) is 32.2 Å². The average Bonchev–Trinajstić information content (AvgIpc) is 2.63. The lowest BCUT2D eigenvalue weighted by molar-refractivity contribution is 0.0332. The summed E-state index contributed by atoms with van der Waals surface area (Å²) >= 11 is 0. The van der Waals surface area contributed by atoms with Gasteiger partial charge in [0.15, 0.2) is 25.6 Å². The Balaban J connectivity index is 2.81. The van der Waals surface area contributed by atoms with E-state index in [0.717, 1.165) is 0 Å². The fourth-order valence-corrected chi connectivity index (χ4v) is 2.39. The van der Waals surface area contributed by atoms with E-state index in [-0.39, 0.29) is 42.3 Å². The second-order valence-corrected chi connectivity index (χ2v) is 5.52. The van der Waals surface area contributed by atoms with Crippen molar-refractivity contribution in [2.24, 2.45) is 0 Å². The van der Waals surface area contributed by atoms with Crippen LogP contribution in [0.2, 0.25) is 0 Å². The number of methoxy groups -OCH3 is 2. The molecule has 0 amide bonds. The molecule has 0 unspecified atom stereocenters. The van der Waals surface area contributed by atoms with Crippen LogP contribution in [0.15, 0.2) is 18.3 Å². The van der Waals surface area contributed by atoms with Crippen molar-refractivity contribution in [1.82, 2.24) is 4.98 Å². The molecule has 0 aliphatic heterocycles. The van der Waals surface area contributed by atoms with Gasteiger partial charge in [0.05, 0.1) is 11.7 Å². The van der Waals surface area contributed by atoms with E-state index in [9.17, 15) is 9.59 Å². The highest BCUT2D eigenvalue weighted by molar-refractivity contribution is 6.10. The van der Waals surface area contributed by atoms with Gasteiger partial charge < -0.3 is 23.7 Å². The minimum absolute atomic E-state index is 0.000645. The molecule has 0 atom stereocenters. The summed E-state index contributed by atoms with van der Waals surface area (Å²) in [4.78, 5) is 28.8. The maximum atomic E-state index is 12.7. The van der Waals surface area contributed by atoms with Crippen molar-refractivity contribution in [2.75, 3.05) is 27.8 Å². The molecule has 0 radical (unpaired) electrons. The molecule has 8 nitrogen and oxygen atoms in total. The van der Waals surface area contributed by atoms with Crippen LogP contribution in [0.3, 0.4) is 0 Å². The summed E-state index contributed by atoms with van der Waals surface area (Å²) in [5.74, 6) is -0.451. The zero-order chi connectivity index (χ0) is 19.1. The number of rotatable bonds is 9. The first-order valence-corrected chi connectivity index (χ1v) is 7.89. The molecule has 0 aliphatic carbocycles. The van der Waals surface area contributed by atoms with Crippen LogP contribution in [0.25, 0.3) is 10.9 Å². The number of nitrogens with zero attached hydrogens (tertiary/aromatic N) is 1. The molecule has 8 heteroatoms. The Morgan fingerprint density at radius 3 is 2.38 bits per heavy atom. The van der Waals surface area contributed by atoms with Crippen LogP contribution < -0.4 is 9.47 Å². The number of benzene rings is 1. The van der Waals surface area contributed by atoms with Gasteiger partial charge in [0, 0.05) is 25.8 Å². The second kappa shape index (κ2) is 9.12. The van der Waals surface area contributed by atoms with Crippen molar-refractivity contribution >= 4 is 23.2 Å². The molecule has 1 aromatic carbocycles. The smallest absolute Gasteiger partial charge is 0.343 e. The maximum Gasteiger partial charge on any atom is 0.343 e. The molecule has 0 aliphatic rings. The number of carbonyl (C=O) groups is 2. The number of hydrogen-bond donors (Lipinski definition) is 0. The van der Waals surface area contributed by atoms with Crippen LogP contribution >= 0.6 is 0 Å². The largest absolute Gasteiger partial charge is 0.466 e.